The Bertz CT molecular complexity index is 2130. The van der Waals surface area contributed by atoms with Crippen molar-refractivity contribution in [2.45, 2.75) is 11.8 Å². The summed E-state index contributed by atoms with van der Waals surface area (Å²) >= 11 is 0. The molecule has 0 aliphatic heterocycles. The van der Waals surface area contributed by atoms with Crippen LogP contribution in [-0.2, 0) is 10.0 Å². The van der Waals surface area contributed by atoms with Crippen LogP contribution in [0.15, 0.2) is 96.3 Å². The third-order valence-corrected chi connectivity index (χ3v) is 8.00. The number of anilines is 2. The number of para-hydroxylation sites is 1. The van der Waals surface area contributed by atoms with Crippen molar-refractivity contribution in [3.8, 4) is 17.2 Å². The monoisotopic (exact) mass is 600 g/mol. The molecule has 0 spiro atoms. The largest absolute Gasteiger partial charge is 0.454 e. The van der Waals surface area contributed by atoms with Crippen molar-refractivity contribution in [1.29, 1.82) is 0 Å². The lowest BCUT2D eigenvalue weighted by Gasteiger charge is -2.12. The van der Waals surface area contributed by atoms with E-state index in [9.17, 15) is 22.0 Å². The molecule has 3 aromatic carbocycles. The Kier molecular flexibility index (Phi) is 6.86. The number of H-pyrrole nitrogens is 1. The quantitative estimate of drug-likeness (QED) is 0.189. The van der Waals surface area contributed by atoms with Gasteiger partial charge in [-0.3, -0.25) is 14.5 Å². The number of sulfonamides is 1. The highest BCUT2D eigenvalue weighted by Crippen LogP contribution is 2.30. The van der Waals surface area contributed by atoms with Crippen LogP contribution >= 0.6 is 0 Å². The molecule has 0 aliphatic rings. The Labute approximate surface area is 243 Å². The van der Waals surface area contributed by atoms with Gasteiger partial charge in [0.25, 0.3) is 10.0 Å². The molecule has 6 aromatic rings. The van der Waals surface area contributed by atoms with E-state index >= 15 is 0 Å². The highest BCUT2D eigenvalue weighted by molar-refractivity contribution is 7.92. The summed E-state index contributed by atoms with van der Waals surface area (Å²) in [7, 11) is -4.10. The van der Waals surface area contributed by atoms with Crippen LogP contribution in [0.2, 0.25) is 0 Å². The van der Waals surface area contributed by atoms with Gasteiger partial charge in [-0.2, -0.15) is 5.10 Å². The number of nitrogens with two attached hydrogens (primary N) is 1. The Morgan fingerprint density at radius 3 is 2.56 bits per heavy atom. The van der Waals surface area contributed by atoms with E-state index in [0.29, 0.717) is 27.9 Å². The fourth-order valence-corrected chi connectivity index (χ4v) is 5.54. The predicted molar refractivity (Wildman–Crippen MR) is 156 cm³/mol. The molecule has 216 valence electrons. The minimum absolute atomic E-state index is 0.0608. The second-order valence-corrected chi connectivity index (χ2v) is 11.2. The first-order chi connectivity index (χ1) is 20.6. The SMILES string of the molecule is Cc1cc(Oc2ccccc2F)ccc1-n1ncc(C(=O)c2cc3cc(F)c(NS(=O)(=O)c4cccnc4)cc3[nH]2)c1N. The summed E-state index contributed by atoms with van der Waals surface area (Å²) in [4.78, 5) is 20.0. The number of ether oxygens (including phenoxy) is 1. The highest BCUT2D eigenvalue weighted by atomic mass is 32.2. The normalized spacial score (nSPS) is 11.5. The van der Waals surface area contributed by atoms with Crippen molar-refractivity contribution in [2.75, 3.05) is 10.5 Å². The van der Waals surface area contributed by atoms with Gasteiger partial charge in [0.2, 0.25) is 5.78 Å². The number of carbonyl (C=O) groups excluding carboxylic acids is 1. The zero-order valence-electron chi connectivity index (χ0n) is 22.4. The number of ketones is 1. The van der Waals surface area contributed by atoms with Crippen LogP contribution in [0.25, 0.3) is 16.6 Å². The highest BCUT2D eigenvalue weighted by Gasteiger charge is 2.22. The molecule has 0 saturated carbocycles. The van der Waals surface area contributed by atoms with Gasteiger partial charge in [-0.25, -0.2) is 21.9 Å². The van der Waals surface area contributed by atoms with Crippen LogP contribution < -0.4 is 15.2 Å². The van der Waals surface area contributed by atoms with E-state index in [2.05, 4.69) is 19.8 Å². The average molecular weight is 601 g/mol. The lowest BCUT2D eigenvalue weighted by molar-refractivity contribution is 0.103. The number of hydrogen-bond acceptors (Lipinski definition) is 7. The molecular weight excluding hydrogens is 578 g/mol. The molecule has 0 aliphatic carbocycles. The minimum Gasteiger partial charge on any atom is -0.454 e. The van der Waals surface area contributed by atoms with E-state index in [1.165, 1.54) is 53.5 Å². The fourth-order valence-electron chi connectivity index (χ4n) is 4.52. The molecule has 0 atom stereocenters. The van der Waals surface area contributed by atoms with E-state index in [4.69, 9.17) is 10.5 Å². The van der Waals surface area contributed by atoms with Gasteiger partial charge < -0.3 is 15.5 Å². The minimum atomic E-state index is -4.10. The van der Waals surface area contributed by atoms with E-state index in [0.717, 1.165) is 12.3 Å². The number of nitrogens with zero attached hydrogens (tertiary/aromatic N) is 3. The second-order valence-electron chi connectivity index (χ2n) is 9.56. The molecule has 0 fully saturated rings. The first-order valence-electron chi connectivity index (χ1n) is 12.8. The van der Waals surface area contributed by atoms with Gasteiger partial charge >= 0.3 is 0 Å². The maximum Gasteiger partial charge on any atom is 0.263 e. The number of pyridine rings is 1. The van der Waals surface area contributed by atoms with Crippen molar-refractivity contribution in [2.24, 2.45) is 0 Å². The number of nitrogens with one attached hydrogen (secondary N) is 2. The predicted octanol–water partition coefficient (Wildman–Crippen LogP) is 5.74. The summed E-state index contributed by atoms with van der Waals surface area (Å²) in [5.41, 5.74) is 7.81. The molecule has 10 nitrogen and oxygen atoms in total. The van der Waals surface area contributed by atoms with Gasteiger partial charge in [-0.15, -0.1) is 0 Å². The maximum atomic E-state index is 14.9. The summed E-state index contributed by atoms with van der Waals surface area (Å²) in [5, 5.41) is 4.63. The molecule has 3 aromatic heterocycles. The third-order valence-electron chi connectivity index (χ3n) is 6.65. The summed E-state index contributed by atoms with van der Waals surface area (Å²) in [6, 6.07) is 17.6. The Hall–Kier alpha value is -5.56. The molecule has 0 bridgehead atoms. The Morgan fingerprint density at radius 1 is 1.00 bits per heavy atom. The number of nitrogen functional groups attached to an aromatic ring is 1. The molecule has 0 saturated heterocycles. The van der Waals surface area contributed by atoms with E-state index in [1.807, 2.05) is 0 Å². The smallest absolute Gasteiger partial charge is 0.263 e. The van der Waals surface area contributed by atoms with Crippen molar-refractivity contribution >= 4 is 38.2 Å². The van der Waals surface area contributed by atoms with Gasteiger partial charge in [0, 0.05) is 23.3 Å². The molecule has 43 heavy (non-hydrogen) atoms. The van der Waals surface area contributed by atoms with Crippen molar-refractivity contribution < 1.29 is 26.7 Å². The zero-order chi connectivity index (χ0) is 30.3. The maximum absolute atomic E-state index is 14.9. The van der Waals surface area contributed by atoms with Gasteiger partial charge in [-0.1, -0.05) is 12.1 Å². The summed E-state index contributed by atoms with van der Waals surface area (Å²) in [6.45, 7) is 1.79. The average Bonchev–Trinajstić information content (AvgIpc) is 3.57. The van der Waals surface area contributed by atoms with Crippen LogP contribution in [0, 0.1) is 18.6 Å². The van der Waals surface area contributed by atoms with Gasteiger partial charge in [0.05, 0.1) is 28.8 Å². The molecule has 3 heterocycles. The van der Waals surface area contributed by atoms with Crippen LogP contribution in [0.4, 0.5) is 20.3 Å². The molecular formula is C30H22F2N6O4S. The van der Waals surface area contributed by atoms with Crippen LogP contribution in [0.5, 0.6) is 11.5 Å². The lowest BCUT2D eigenvalue weighted by Crippen LogP contribution is -2.14. The van der Waals surface area contributed by atoms with Gasteiger partial charge in [-0.05, 0) is 73.2 Å². The Morgan fingerprint density at radius 2 is 1.81 bits per heavy atom. The number of fused-ring (bicyclic) bond motifs is 1. The topological polar surface area (TPSA) is 145 Å². The number of benzene rings is 3. The standard InChI is InChI=1S/C30H22F2N6O4S/c1-17-11-19(42-28-7-3-2-6-22(28)31)8-9-27(17)38-30(33)21(16-35-38)29(39)26-13-18-12-23(32)25(14-24(18)36-26)37-43(40,41)20-5-4-10-34-15-20/h2-16,36-37H,33H2,1H3. The molecule has 0 radical (unpaired) electrons. The fraction of sp³-hybridized carbons (Fsp3) is 0.0333. The third kappa shape index (κ3) is 5.28. The van der Waals surface area contributed by atoms with E-state index < -0.39 is 27.4 Å². The first kappa shape index (κ1) is 27.6. The number of halogens is 2. The lowest BCUT2D eigenvalue weighted by atomic mass is 10.1. The number of rotatable bonds is 8. The van der Waals surface area contributed by atoms with Crippen LogP contribution in [-0.4, -0.2) is 33.9 Å². The van der Waals surface area contributed by atoms with Gasteiger partial charge in [0.15, 0.2) is 11.6 Å². The number of carbonyl (C=O) groups is 1. The van der Waals surface area contributed by atoms with Crippen LogP contribution in [0.1, 0.15) is 21.6 Å². The number of aromatic nitrogens is 4. The van der Waals surface area contributed by atoms with Crippen LogP contribution in [0.3, 0.4) is 0 Å². The summed E-state index contributed by atoms with van der Waals surface area (Å²) in [6.07, 6.45) is 3.88. The first-order valence-corrected chi connectivity index (χ1v) is 14.3. The summed E-state index contributed by atoms with van der Waals surface area (Å²) < 4.78 is 63.4. The second kappa shape index (κ2) is 10.7. The van der Waals surface area contributed by atoms with Crippen molar-refractivity contribution in [3.63, 3.8) is 0 Å². The van der Waals surface area contributed by atoms with E-state index in [-0.39, 0.29) is 33.4 Å². The van der Waals surface area contributed by atoms with Crippen molar-refractivity contribution in [1.82, 2.24) is 19.7 Å². The summed E-state index contributed by atoms with van der Waals surface area (Å²) in [5.74, 6) is -1.28. The van der Waals surface area contributed by atoms with Gasteiger partial charge in [0.1, 0.15) is 22.3 Å². The number of aromatic amines is 1. The molecule has 13 heteroatoms. The molecule has 6 rings (SSSR count). The van der Waals surface area contributed by atoms with Crippen molar-refractivity contribution in [3.05, 3.63) is 120 Å². The zero-order valence-corrected chi connectivity index (χ0v) is 23.2. The number of hydrogen-bond donors (Lipinski definition) is 3. The van der Waals surface area contributed by atoms with E-state index in [1.54, 1.807) is 37.3 Å². The molecule has 0 amide bonds. The Balaban J connectivity index is 1.26. The number of aryl methyl sites for hydroxylation is 1. The molecule has 4 N–H and O–H groups in total. The molecule has 0 unspecified atom stereocenters.